The number of aromatic nitrogens is 6. The van der Waals surface area contributed by atoms with Gasteiger partial charge in [-0.1, -0.05) is 23.4 Å². The Morgan fingerprint density at radius 2 is 2.04 bits per heavy atom. The number of hydrogen-bond donors (Lipinski definition) is 2. The molecule has 0 saturated heterocycles. The summed E-state index contributed by atoms with van der Waals surface area (Å²) in [6.07, 6.45) is 0.717. The second kappa shape index (κ2) is 6.16. The minimum atomic E-state index is -3.91. The van der Waals surface area contributed by atoms with Gasteiger partial charge in [0.2, 0.25) is 5.82 Å². The van der Waals surface area contributed by atoms with Crippen LogP contribution < -0.4 is 0 Å². The number of H-pyrrole nitrogens is 1. The first-order chi connectivity index (χ1) is 11.5. The second-order valence-electron chi connectivity index (χ2n) is 4.61. The van der Waals surface area contributed by atoms with E-state index in [2.05, 4.69) is 25.7 Å². The van der Waals surface area contributed by atoms with Crippen LogP contribution in [0.2, 0.25) is 0 Å². The van der Waals surface area contributed by atoms with Crippen LogP contribution in [0.3, 0.4) is 0 Å². The van der Waals surface area contributed by atoms with Crippen molar-refractivity contribution in [2.75, 3.05) is 0 Å². The van der Waals surface area contributed by atoms with Gasteiger partial charge in [-0.15, -0.1) is 10.2 Å². The molecule has 0 bridgehead atoms. The van der Waals surface area contributed by atoms with Crippen molar-refractivity contribution < 1.29 is 18.3 Å². The van der Waals surface area contributed by atoms with Crippen LogP contribution in [-0.4, -0.2) is 49.3 Å². The number of tetrazole rings is 1. The van der Waals surface area contributed by atoms with Crippen LogP contribution in [0.15, 0.2) is 47.6 Å². The summed E-state index contributed by atoms with van der Waals surface area (Å²) >= 11 is 0. The van der Waals surface area contributed by atoms with Crippen LogP contribution in [0.5, 0.6) is 0 Å². The van der Waals surface area contributed by atoms with Gasteiger partial charge in [0.1, 0.15) is 5.94 Å². The number of nitrogens with zero attached hydrogens (tertiary/aromatic N) is 5. The first kappa shape index (κ1) is 15.7. The van der Waals surface area contributed by atoms with Gasteiger partial charge < -0.3 is 5.11 Å². The minimum absolute atomic E-state index is 0.0370. The Bertz CT molecular complexity index is 990. The smallest absolute Gasteiger partial charge is 0.282 e. The summed E-state index contributed by atoms with van der Waals surface area (Å²) < 4.78 is 25.6. The summed E-state index contributed by atoms with van der Waals surface area (Å²) in [5, 5.41) is 26.4. The van der Waals surface area contributed by atoms with Crippen molar-refractivity contribution >= 4 is 21.5 Å². The van der Waals surface area contributed by atoms with E-state index in [0.717, 1.165) is 12.4 Å². The average Bonchev–Trinajstić information content (AvgIpc) is 3.28. The average molecular weight is 346 g/mol. The first-order valence-corrected chi connectivity index (χ1v) is 8.00. The number of rotatable bonds is 5. The van der Waals surface area contributed by atoms with Gasteiger partial charge in [0.05, 0.1) is 22.9 Å². The molecule has 3 rings (SSSR count). The van der Waals surface area contributed by atoms with Crippen LogP contribution in [0.4, 0.5) is 0 Å². The molecule has 0 amide bonds. The standard InChI is InChI=1S/C13H10N6O4S/c20-8-11(12(21)13-15-17-18-16-13)9-6-14-19(7-9)24(22,23)10-4-2-1-3-5-10/h1-7,12,21H,(H,15,16,17,18). The predicted molar refractivity (Wildman–Crippen MR) is 79.5 cm³/mol. The number of benzene rings is 1. The van der Waals surface area contributed by atoms with Crippen molar-refractivity contribution in [3.63, 3.8) is 0 Å². The first-order valence-electron chi connectivity index (χ1n) is 6.56. The molecule has 1 atom stereocenters. The lowest BCUT2D eigenvalue weighted by molar-refractivity contribution is 0.228. The number of nitrogens with one attached hydrogen (secondary N) is 1. The van der Waals surface area contributed by atoms with E-state index in [1.54, 1.807) is 24.1 Å². The van der Waals surface area contributed by atoms with Crippen molar-refractivity contribution in [3.8, 4) is 0 Å². The zero-order chi connectivity index (χ0) is 17.2. The number of hydrogen-bond acceptors (Lipinski definition) is 8. The Morgan fingerprint density at radius 1 is 1.29 bits per heavy atom. The summed E-state index contributed by atoms with van der Waals surface area (Å²) in [5.41, 5.74) is -0.187. The molecule has 2 heterocycles. The molecule has 11 heteroatoms. The summed E-state index contributed by atoms with van der Waals surface area (Å²) in [6, 6.07) is 7.67. The SMILES string of the molecule is O=C=C(c1cnn(S(=O)(=O)c2ccccc2)c1)C(O)c1nn[nH]n1. The highest BCUT2D eigenvalue weighted by molar-refractivity contribution is 7.89. The minimum Gasteiger partial charge on any atom is -0.379 e. The zero-order valence-electron chi connectivity index (χ0n) is 11.9. The third kappa shape index (κ3) is 2.74. The normalized spacial score (nSPS) is 12.5. The van der Waals surface area contributed by atoms with Crippen LogP contribution in [-0.2, 0) is 14.8 Å². The fraction of sp³-hybridized carbons (Fsp3) is 0.0769. The van der Waals surface area contributed by atoms with E-state index in [4.69, 9.17) is 0 Å². The van der Waals surface area contributed by atoms with Crippen molar-refractivity contribution in [1.29, 1.82) is 0 Å². The van der Waals surface area contributed by atoms with Crippen LogP contribution in [0.1, 0.15) is 17.5 Å². The molecule has 0 aliphatic heterocycles. The Kier molecular flexibility index (Phi) is 4.04. The zero-order valence-corrected chi connectivity index (χ0v) is 12.8. The van der Waals surface area contributed by atoms with Gasteiger partial charge in [-0.3, -0.25) is 0 Å². The summed E-state index contributed by atoms with van der Waals surface area (Å²) in [5.74, 6) is 1.41. The Hall–Kier alpha value is -3.14. The summed E-state index contributed by atoms with van der Waals surface area (Å²) in [7, 11) is -3.91. The van der Waals surface area contributed by atoms with E-state index in [0.29, 0.717) is 4.09 Å². The molecule has 1 unspecified atom stereocenters. The largest absolute Gasteiger partial charge is 0.379 e. The van der Waals surface area contributed by atoms with E-state index in [9.17, 15) is 18.3 Å². The molecule has 2 N–H and O–H groups in total. The van der Waals surface area contributed by atoms with Gasteiger partial charge in [-0.2, -0.15) is 22.8 Å². The molecule has 0 spiro atoms. The third-order valence-electron chi connectivity index (χ3n) is 3.15. The topological polar surface area (TPSA) is 144 Å². The molecule has 0 aliphatic rings. The van der Waals surface area contributed by atoms with Crippen LogP contribution in [0, 0.1) is 0 Å². The van der Waals surface area contributed by atoms with Crippen molar-refractivity contribution in [3.05, 3.63) is 54.1 Å². The highest BCUT2D eigenvalue weighted by atomic mass is 32.2. The van der Waals surface area contributed by atoms with E-state index >= 15 is 0 Å². The maximum Gasteiger partial charge on any atom is 0.282 e. The molecule has 0 saturated carbocycles. The van der Waals surface area contributed by atoms with Crippen molar-refractivity contribution in [2.24, 2.45) is 0 Å². The molecule has 10 nitrogen and oxygen atoms in total. The third-order valence-corrected chi connectivity index (χ3v) is 4.71. The molecule has 0 aliphatic carbocycles. The summed E-state index contributed by atoms with van der Waals surface area (Å²) in [4.78, 5) is 11.2. The highest BCUT2D eigenvalue weighted by Crippen LogP contribution is 2.25. The highest BCUT2D eigenvalue weighted by Gasteiger charge is 2.24. The van der Waals surface area contributed by atoms with E-state index in [-0.39, 0.29) is 21.9 Å². The van der Waals surface area contributed by atoms with E-state index in [1.807, 2.05) is 0 Å². The lowest BCUT2D eigenvalue weighted by Gasteiger charge is -2.05. The van der Waals surface area contributed by atoms with Gasteiger partial charge in [0.15, 0.2) is 6.10 Å². The predicted octanol–water partition coefficient (Wildman–Crippen LogP) is -0.418. The van der Waals surface area contributed by atoms with Gasteiger partial charge >= 0.3 is 0 Å². The maximum atomic E-state index is 12.4. The Balaban J connectivity index is 1.97. The molecule has 0 radical (unpaired) electrons. The monoisotopic (exact) mass is 346 g/mol. The summed E-state index contributed by atoms with van der Waals surface area (Å²) in [6.45, 7) is 0. The van der Waals surface area contributed by atoms with Gasteiger partial charge in [-0.25, -0.2) is 4.79 Å². The number of aliphatic hydroxyl groups excluding tert-OH is 1. The molecular formula is C13H10N6O4S. The molecule has 122 valence electrons. The fourth-order valence-electron chi connectivity index (χ4n) is 1.96. The van der Waals surface area contributed by atoms with Crippen LogP contribution >= 0.6 is 0 Å². The second-order valence-corrected chi connectivity index (χ2v) is 6.40. The lowest BCUT2D eigenvalue weighted by atomic mass is 10.1. The van der Waals surface area contributed by atoms with Crippen molar-refractivity contribution in [1.82, 2.24) is 29.8 Å². The Morgan fingerprint density at radius 3 is 2.67 bits per heavy atom. The van der Waals surface area contributed by atoms with Crippen LogP contribution in [0.25, 0.3) is 5.57 Å². The molecular weight excluding hydrogens is 336 g/mol. The van der Waals surface area contributed by atoms with E-state index < -0.39 is 16.1 Å². The van der Waals surface area contributed by atoms with E-state index in [1.165, 1.54) is 12.1 Å². The van der Waals surface area contributed by atoms with Gasteiger partial charge in [0.25, 0.3) is 10.0 Å². The van der Waals surface area contributed by atoms with Gasteiger partial charge in [-0.05, 0) is 12.1 Å². The Labute approximate surface area is 135 Å². The molecule has 2 aromatic heterocycles. The van der Waals surface area contributed by atoms with Crippen molar-refractivity contribution in [2.45, 2.75) is 11.0 Å². The quantitative estimate of drug-likeness (QED) is 0.593. The molecule has 1 aromatic carbocycles. The number of aliphatic hydroxyl groups is 1. The lowest BCUT2D eigenvalue weighted by Crippen LogP contribution is -2.13. The van der Waals surface area contributed by atoms with Gasteiger partial charge in [0, 0.05) is 5.56 Å². The molecule has 24 heavy (non-hydrogen) atoms. The number of carbonyl (C=O) groups excluding carboxylic acids is 1. The number of aromatic amines is 1. The molecule has 3 aromatic rings. The molecule has 0 fully saturated rings. The fourth-order valence-corrected chi connectivity index (χ4v) is 3.10. The maximum absolute atomic E-state index is 12.4.